The molecule has 4 N–H and O–H groups in total. The molecule has 2 saturated heterocycles. The highest BCUT2D eigenvalue weighted by molar-refractivity contribution is 9.10. The van der Waals surface area contributed by atoms with Gasteiger partial charge in [-0.1, -0.05) is 0 Å². The molecule has 0 radical (unpaired) electrons. The van der Waals surface area contributed by atoms with Crippen LogP contribution in [0.1, 0.15) is 36.0 Å². The maximum absolute atomic E-state index is 11.1. The summed E-state index contributed by atoms with van der Waals surface area (Å²) in [7, 11) is 0. The van der Waals surface area contributed by atoms with E-state index in [9.17, 15) is 4.79 Å². The summed E-state index contributed by atoms with van der Waals surface area (Å²) in [6.07, 6.45) is 4.93. The molecular weight excluding hydrogens is 306 g/mol. The third-order valence-electron chi connectivity index (χ3n) is 4.09. The first kappa shape index (κ1) is 12.9. The quantitative estimate of drug-likeness (QED) is 0.799. The zero-order valence-electron chi connectivity index (χ0n) is 10.7. The Morgan fingerprint density at radius 1 is 1.32 bits per heavy atom. The Balaban J connectivity index is 1.71. The molecule has 2 aliphatic rings. The summed E-state index contributed by atoms with van der Waals surface area (Å²) in [6, 6.07) is 7.31. The molecule has 2 atom stereocenters. The molecule has 1 aromatic carbocycles. The van der Waals surface area contributed by atoms with Gasteiger partial charge in [0, 0.05) is 33.8 Å². The second-order valence-electron chi connectivity index (χ2n) is 5.51. The molecule has 5 heteroatoms. The molecule has 2 bridgehead atoms. The van der Waals surface area contributed by atoms with E-state index in [2.05, 4.69) is 26.6 Å². The van der Waals surface area contributed by atoms with Crippen LogP contribution in [0.5, 0.6) is 0 Å². The van der Waals surface area contributed by atoms with Gasteiger partial charge in [0.15, 0.2) is 0 Å². The summed E-state index contributed by atoms with van der Waals surface area (Å²) in [5.41, 5.74) is 6.84. The summed E-state index contributed by atoms with van der Waals surface area (Å²) in [4.78, 5) is 11.1. The maximum atomic E-state index is 11.1. The third kappa shape index (κ3) is 2.77. The van der Waals surface area contributed by atoms with Gasteiger partial charge in [0.25, 0.3) is 0 Å². The molecule has 0 saturated carbocycles. The molecule has 1 aromatic rings. The van der Waals surface area contributed by atoms with Gasteiger partial charge in [-0.05, 0) is 59.8 Å². The number of fused-ring (bicyclic) bond motifs is 2. The minimum absolute atomic E-state index is 0.396. The number of hydrogen-bond acceptors (Lipinski definition) is 3. The normalized spacial score (nSPS) is 29.2. The van der Waals surface area contributed by atoms with Gasteiger partial charge < -0.3 is 16.4 Å². The predicted octanol–water partition coefficient (Wildman–Crippen LogP) is 2.24. The van der Waals surface area contributed by atoms with Crippen LogP contribution in [-0.2, 0) is 0 Å². The second kappa shape index (κ2) is 5.13. The van der Waals surface area contributed by atoms with Crippen LogP contribution in [0.15, 0.2) is 22.7 Å². The number of hydrogen-bond donors (Lipinski definition) is 3. The van der Waals surface area contributed by atoms with E-state index in [-0.39, 0.29) is 0 Å². The lowest BCUT2D eigenvalue weighted by molar-refractivity contribution is 0.100. The number of anilines is 1. The van der Waals surface area contributed by atoms with Crippen molar-refractivity contribution in [2.45, 2.75) is 43.8 Å². The van der Waals surface area contributed by atoms with Crippen molar-refractivity contribution in [1.29, 1.82) is 0 Å². The molecule has 1 amide bonds. The van der Waals surface area contributed by atoms with Crippen LogP contribution >= 0.6 is 15.9 Å². The first-order chi connectivity index (χ1) is 9.11. The lowest BCUT2D eigenvalue weighted by Gasteiger charge is -2.30. The smallest absolute Gasteiger partial charge is 0.248 e. The number of carbonyl (C=O) groups is 1. The third-order valence-corrected chi connectivity index (χ3v) is 4.74. The van der Waals surface area contributed by atoms with Gasteiger partial charge in [0.2, 0.25) is 5.91 Å². The molecule has 4 nitrogen and oxygen atoms in total. The zero-order chi connectivity index (χ0) is 13.4. The van der Waals surface area contributed by atoms with E-state index in [0.717, 1.165) is 10.2 Å². The van der Waals surface area contributed by atoms with Gasteiger partial charge in [-0.25, -0.2) is 0 Å². The van der Waals surface area contributed by atoms with E-state index in [1.54, 1.807) is 12.1 Å². The highest BCUT2D eigenvalue weighted by Crippen LogP contribution is 2.31. The number of carbonyl (C=O) groups excluding carboxylic acids is 1. The zero-order valence-corrected chi connectivity index (χ0v) is 12.2. The molecule has 0 spiro atoms. The monoisotopic (exact) mass is 323 g/mol. The Morgan fingerprint density at radius 3 is 2.58 bits per heavy atom. The van der Waals surface area contributed by atoms with Crippen LogP contribution in [-0.4, -0.2) is 24.0 Å². The van der Waals surface area contributed by atoms with E-state index in [1.165, 1.54) is 25.7 Å². The predicted molar refractivity (Wildman–Crippen MR) is 79.3 cm³/mol. The molecule has 2 aliphatic heterocycles. The Morgan fingerprint density at radius 2 is 2.00 bits per heavy atom. The summed E-state index contributed by atoms with van der Waals surface area (Å²) >= 11 is 3.50. The average Bonchev–Trinajstić information content (AvgIpc) is 2.71. The van der Waals surface area contributed by atoms with Crippen LogP contribution in [0.4, 0.5) is 5.69 Å². The Labute approximate surface area is 121 Å². The van der Waals surface area contributed by atoms with Gasteiger partial charge in [-0.3, -0.25) is 4.79 Å². The van der Waals surface area contributed by atoms with E-state index >= 15 is 0 Å². The minimum Gasteiger partial charge on any atom is -0.381 e. The van der Waals surface area contributed by atoms with Gasteiger partial charge in [0.1, 0.15) is 0 Å². The Kier molecular flexibility index (Phi) is 3.50. The number of halogens is 1. The van der Waals surface area contributed by atoms with Crippen molar-refractivity contribution in [2.24, 2.45) is 5.73 Å². The fraction of sp³-hybridized carbons (Fsp3) is 0.500. The summed E-state index contributed by atoms with van der Waals surface area (Å²) in [5.74, 6) is -0.396. The molecule has 0 aliphatic carbocycles. The number of rotatable bonds is 3. The van der Waals surface area contributed by atoms with E-state index < -0.39 is 5.91 Å². The van der Waals surface area contributed by atoms with Crippen LogP contribution in [0.2, 0.25) is 0 Å². The number of primary amides is 1. The second-order valence-corrected chi connectivity index (χ2v) is 6.36. The largest absolute Gasteiger partial charge is 0.381 e. The highest BCUT2D eigenvalue weighted by atomic mass is 79.9. The number of nitrogens with two attached hydrogens (primary N) is 1. The highest BCUT2D eigenvalue weighted by Gasteiger charge is 2.33. The van der Waals surface area contributed by atoms with Gasteiger partial charge in [-0.2, -0.15) is 0 Å². The molecule has 0 aromatic heterocycles. The van der Waals surface area contributed by atoms with Crippen molar-refractivity contribution >= 4 is 27.5 Å². The summed E-state index contributed by atoms with van der Waals surface area (Å²) < 4.78 is 0.898. The lowest BCUT2D eigenvalue weighted by Crippen LogP contribution is -2.43. The van der Waals surface area contributed by atoms with Crippen molar-refractivity contribution in [1.82, 2.24) is 5.32 Å². The van der Waals surface area contributed by atoms with E-state index in [1.807, 2.05) is 6.07 Å². The van der Waals surface area contributed by atoms with E-state index in [4.69, 9.17) is 5.73 Å². The number of piperidine rings is 1. The minimum atomic E-state index is -0.396. The number of amides is 1. The summed E-state index contributed by atoms with van der Waals surface area (Å²) in [6.45, 7) is 0. The van der Waals surface area contributed by atoms with Crippen molar-refractivity contribution in [3.8, 4) is 0 Å². The van der Waals surface area contributed by atoms with Gasteiger partial charge >= 0.3 is 0 Å². The van der Waals surface area contributed by atoms with E-state index in [0.29, 0.717) is 23.7 Å². The number of nitrogens with one attached hydrogen (secondary N) is 2. The SMILES string of the molecule is NC(=O)c1ccc(NC2CC3CCC(C2)N3)c(Br)c1. The van der Waals surface area contributed by atoms with Crippen molar-refractivity contribution in [3.05, 3.63) is 28.2 Å². The standard InChI is InChI=1S/C14H18BrN3O/c15-12-5-8(14(16)19)1-4-13(12)18-11-6-9-2-3-10(7-11)17-9/h1,4-5,9-11,17-18H,2-3,6-7H2,(H2,16,19). The van der Waals surface area contributed by atoms with Gasteiger partial charge in [0.05, 0.1) is 0 Å². The fourth-order valence-electron chi connectivity index (χ4n) is 3.18. The van der Waals surface area contributed by atoms with Crippen molar-refractivity contribution in [3.63, 3.8) is 0 Å². The molecular formula is C14H18BrN3O. The first-order valence-corrected chi connectivity index (χ1v) is 7.53. The van der Waals surface area contributed by atoms with Crippen molar-refractivity contribution in [2.75, 3.05) is 5.32 Å². The Hall–Kier alpha value is -1.07. The molecule has 2 unspecified atom stereocenters. The van der Waals surface area contributed by atoms with Crippen LogP contribution < -0.4 is 16.4 Å². The number of benzene rings is 1. The van der Waals surface area contributed by atoms with Crippen LogP contribution in [0.25, 0.3) is 0 Å². The van der Waals surface area contributed by atoms with Gasteiger partial charge in [-0.15, -0.1) is 0 Å². The first-order valence-electron chi connectivity index (χ1n) is 6.74. The fourth-order valence-corrected chi connectivity index (χ4v) is 3.67. The van der Waals surface area contributed by atoms with Crippen LogP contribution in [0.3, 0.4) is 0 Å². The van der Waals surface area contributed by atoms with Crippen molar-refractivity contribution < 1.29 is 4.79 Å². The molecule has 3 rings (SSSR count). The Bertz CT molecular complexity index is 493. The average molecular weight is 324 g/mol. The lowest BCUT2D eigenvalue weighted by atomic mass is 9.99. The molecule has 2 fully saturated rings. The summed E-state index contributed by atoms with van der Waals surface area (Å²) in [5, 5.41) is 7.21. The molecule has 102 valence electrons. The maximum Gasteiger partial charge on any atom is 0.248 e. The molecule has 19 heavy (non-hydrogen) atoms. The van der Waals surface area contributed by atoms with Crippen LogP contribution in [0, 0.1) is 0 Å². The topological polar surface area (TPSA) is 67.2 Å². The molecule has 2 heterocycles.